The first kappa shape index (κ1) is 18.2. The Kier molecular flexibility index (Phi) is 6.85. The monoisotopic (exact) mass is 339 g/mol. The minimum absolute atomic E-state index is 0.340. The van der Waals surface area contributed by atoms with Crippen LogP contribution in [-0.4, -0.2) is 44.4 Å². The third-order valence-corrected chi connectivity index (χ3v) is 5.76. The van der Waals surface area contributed by atoms with E-state index in [1.165, 1.54) is 5.56 Å². The molecule has 0 N–H and O–H groups in total. The highest BCUT2D eigenvalue weighted by atomic mass is 31.2. The Morgan fingerprint density at radius 3 is 2.26 bits per heavy atom. The first-order valence-electron chi connectivity index (χ1n) is 8.10. The molecular formula is C17H26NO4P. The minimum atomic E-state index is -3.34. The predicted molar refractivity (Wildman–Crippen MR) is 92.4 cm³/mol. The zero-order valence-corrected chi connectivity index (χ0v) is 15.1. The molecule has 5 nitrogen and oxygen atoms in total. The molecule has 0 radical (unpaired) electrons. The van der Waals surface area contributed by atoms with Gasteiger partial charge in [0.15, 0.2) is 0 Å². The Balaban J connectivity index is 2.40. The van der Waals surface area contributed by atoms with Crippen LogP contribution < -0.4 is 0 Å². The van der Waals surface area contributed by atoms with E-state index >= 15 is 0 Å². The fourth-order valence-corrected chi connectivity index (χ4v) is 4.33. The van der Waals surface area contributed by atoms with E-state index in [1.54, 1.807) is 0 Å². The van der Waals surface area contributed by atoms with Crippen LogP contribution in [0.4, 0.5) is 0 Å². The van der Waals surface area contributed by atoms with Crippen LogP contribution in [0.5, 0.6) is 0 Å². The fourth-order valence-electron chi connectivity index (χ4n) is 2.46. The van der Waals surface area contributed by atoms with Crippen molar-refractivity contribution in [2.75, 3.05) is 39.5 Å². The molecule has 1 heterocycles. The lowest BCUT2D eigenvalue weighted by Gasteiger charge is -2.34. The summed E-state index contributed by atoms with van der Waals surface area (Å²) in [7, 11) is -3.34. The van der Waals surface area contributed by atoms with Gasteiger partial charge in [-0.2, -0.15) is 0 Å². The minimum Gasteiger partial charge on any atom is -0.378 e. The summed E-state index contributed by atoms with van der Waals surface area (Å²) < 4.78 is 29.8. The van der Waals surface area contributed by atoms with Crippen LogP contribution in [0.2, 0.25) is 0 Å². The van der Waals surface area contributed by atoms with Gasteiger partial charge < -0.3 is 18.7 Å². The Morgan fingerprint density at radius 1 is 1.17 bits per heavy atom. The van der Waals surface area contributed by atoms with Crippen molar-refractivity contribution in [1.29, 1.82) is 0 Å². The van der Waals surface area contributed by atoms with Crippen LogP contribution in [0, 0.1) is 6.92 Å². The highest BCUT2D eigenvalue weighted by molar-refractivity contribution is 7.58. The molecule has 1 aromatic carbocycles. The second-order valence-electron chi connectivity index (χ2n) is 5.35. The highest BCUT2D eigenvalue weighted by Gasteiger charge is 2.34. The maximum absolute atomic E-state index is 13.3. The average Bonchev–Trinajstić information content (AvgIpc) is 2.55. The zero-order valence-electron chi connectivity index (χ0n) is 14.2. The summed E-state index contributed by atoms with van der Waals surface area (Å²) in [5, 5.41) is 0. The van der Waals surface area contributed by atoms with Crippen molar-refractivity contribution in [3.8, 4) is 0 Å². The van der Waals surface area contributed by atoms with Crippen LogP contribution in [0.15, 0.2) is 29.7 Å². The number of benzene rings is 1. The molecule has 0 amide bonds. The summed E-state index contributed by atoms with van der Waals surface area (Å²) in [6.07, 6.45) is 1.91. The molecule has 6 heteroatoms. The van der Waals surface area contributed by atoms with Gasteiger partial charge in [-0.15, -0.1) is 0 Å². The first-order chi connectivity index (χ1) is 11.1. The van der Waals surface area contributed by atoms with Crippen LogP contribution >= 0.6 is 7.60 Å². The molecule has 1 saturated heterocycles. The van der Waals surface area contributed by atoms with Gasteiger partial charge >= 0.3 is 7.60 Å². The molecule has 1 aromatic rings. The number of nitrogens with zero attached hydrogens (tertiary/aromatic N) is 1. The molecule has 2 rings (SSSR count). The molecule has 0 aromatic heterocycles. The van der Waals surface area contributed by atoms with Crippen molar-refractivity contribution in [1.82, 2.24) is 4.90 Å². The highest BCUT2D eigenvalue weighted by Crippen LogP contribution is 2.57. The number of hydrogen-bond acceptors (Lipinski definition) is 5. The zero-order chi connectivity index (χ0) is 16.7. The molecule has 0 atom stereocenters. The van der Waals surface area contributed by atoms with Gasteiger partial charge in [0, 0.05) is 13.1 Å². The topological polar surface area (TPSA) is 48.0 Å². The summed E-state index contributed by atoms with van der Waals surface area (Å²) in [6, 6.07) is 8.10. The normalized spacial score (nSPS) is 16.7. The molecule has 128 valence electrons. The van der Waals surface area contributed by atoms with E-state index in [2.05, 4.69) is 4.90 Å². The van der Waals surface area contributed by atoms with Crippen molar-refractivity contribution in [2.45, 2.75) is 20.8 Å². The van der Waals surface area contributed by atoms with Crippen LogP contribution in [0.1, 0.15) is 25.0 Å². The van der Waals surface area contributed by atoms with Gasteiger partial charge in [0.25, 0.3) is 0 Å². The molecule has 0 saturated carbocycles. The number of rotatable bonds is 7. The lowest BCUT2D eigenvalue weighted by atomic mass is 10.1. The Labute approximate surface area is 138 Å². The fraction of sp³-hybridized carbons (Fsp3) is 0.529. The predicted octanol–water partition coefficient (Wildman–Crippen LogP) is 3.89. The Bertz CT molecular complexity index is 554. The maximum Gasteiger partial charge on any atom is 0.377 e. The average molecular weight is 339 g/mol. The number of ether oxygens (including phenoxy) is 1. The van der Waals surface area contributed by atoms with Crippen LogP contribution in [0.25, 0.3) is 6.08 Å². The largest absolute Gasteiger partial charge is 0.378 e. The van der Waals surface area contributed by atoms with Gasteiger partial charge in [-0.1, -0.05) is 29.8 Å². The van der Waals surface area contributed by atoms with Gasteiger partial charge in [0.05, 0.1) is 26.4 Å². The second-order valence-corrected chi connectivity index (χ2v) is 7.32. The van der Waals surface area contributed by atoms with Gasteiger partial charge in [0.2, 0.25) is 0 Å². The van der Waals surface area contributed by atoms with E-state index in [1.807, 2.05) is 51.1 Å². The molecule has 1 aliphatic rings. The number of aryl methyl sites for hydroxylation is 1. The molecule has 0 spiro atoms. The summed E-state index contributed by atoms with van der Waals surface area (Å²) in [6.45, 7) is 8.97. The third kappa shape index (κ3) is 4.92. The lowest BCUT2D eigenvalue weighted by Crippen LogP contribution is -2.36. The maximum atomic E-state index is 13.3. The molecular weight excluding hydrogens is 313 g/mol. The number of hydrogen-bond donors (Lipinski definition) is 0. The first-order valence-corrected chi connectivity index (χ1v) is 9.64. The van der Waals surface area contributed by atoms with Crippen molar-refractivity contribution in [2.24, 2.45) is 0 Å². The van der Waals surface area contributed by atoms with Crippen molar-refractivity contribution < 1.29 is 18.3 Å². The smallest absolute Gasteiger partial charge is 0.377 e. The van der Waals surface area contributed by atoms with Gasteiger partial charge in [0.1, 0.15) is 5.44 Å². The van der Waals surface area contributed by atoms with Gasteiger partial charge in [-0.25, -0.2) is 0 Å². The quantitative estimate of drug-likeness (QED) is 0.705. The standard InChI is InChI=1S/C17H26NO4P/c1-4-21-23(19,22-5-2)17(18-10-12-20-13-11-18)14-16-8-6-15(3)7-9-16/h6-9,14H,4-5,10-13H2,1-3H3/b17-14-. The summed E-state index contributed by atoms with van der Waals surface area (Å²) in [5.41, 5.74) is 2.79. The molecule has 0 unspecified atom stereocenters. The molecule has 1 aliphatic heterocycles. The van der Waals surface area contributed by atoms with E-state index in [-0.39, 0.29) is 0 Å². The lowest BCUT2D eigenvalue weighted by molar-refractivity contribution is 0.0549. The Hall–Kier alpha value is -1.13. The van der Waals surface area contributed by atoms with Crippen LogP contribution in [0.3, 0.4) is 0 Å². The summed E-state index contributed by atoms with van der Waals surface area (Å²) in [4.78, 5) is 2.05. The van der Waals surface area contributed by atoms with Crippen molar-refractivity contribution >= 4 is 13.7 Å². The second kappa shape index (κ2) is 8.65. The number of morpholine rings is 1. The molecule has 23 heavy (non-hydrogen) atoms. The summed E-state index contributed by atoms with van der Waals surface area (Å²) >= 11 is 0. The van der Waals surface area contributed by atoms with Crippen LogP contribution in [-0.2, 0) is 18.3 Å². The molecule has 1 fully saturated rings. The van der Waals surface area contributed by atoms with E-state index in [0.717, 1.165) is 5.56 Å². The SMILES string of the molecule is CCOP(=O)(OCC)/C(=C\c1ccc(C)cc1)N1CCOCC1. The molecule has 0 aliphatic carbocycles. The molecule has 0 bridgehead atoms. The van der Waals surface area contributed by atoms with E-state index in [4.69, 9.17) is 13.8 Å². The van der Waals surface area contributed by atoms with Crippen molar-refractivity contribution in [3.63, 3.8) is 0 Å². The van der Waals surface area contributed by atoms with Crippen molar-refractivity contribution in [3.05, 3.63) is 40.8 Å². The van der Waals surface area contributed by atoms with E-state index in [0.29, 0.717) is 45.0 Å². The van der Waals surface area contributed by atoms with E-state index < -0.39 is 7.60 Å². The van der Waals surface area contributed by atoms with E-state index in [9.17, 15) is 4.57 Å². The van der Waals surface area contributed by atoms with Gasteiger partial charge in [-0.3, -0.25) is 4.57 Å². The van der Waals surface area contributed by atoms with Gasteiger partial charge in [-0.05, 0) is 32.4 Å². The Morgan fingerprint density at radius 2 is 1.74 bits per heavy atom. The third-order valence-electron chi connectivity index (χ3n) is 3.59. The summed E-state index contributed by atoms with van der Waals surface area (Å²) in [5.74, 6) is 0.